The van der Waals surface area contributed by atoms with Crippen LogP contribution in [0.3, 0.4) is 0 Å². The Bertz CT molecular complexity index is 628. The number of benzene rings is 1. The lowest BCUT2D eigenvalue weighted by molar-refractivity contribution is -0.195. The molecule has 2 heterocycles. The Morgan fingerprint density at radius 1 is 1.48 bits per heavy atom. The third-order valence-electron chi connectivity index (χ3n) is 4.31. The number of carbonyl (C=O) groups is 1. The molecule has 23 heavy (non-hydrogen) atoms. The minimum Gasteiger partial charge on any atom is -0.495 e. The molecule has 6 nitrogen and oxygen atoms in total. The molecule has 2 aliphatic heterocycles. The Morgan fingerprint density at radius 2 is 2.22 bits per heavy atom. The standard InChI is InChI=1S/C15H17BrClNO5/c1-7-12-11(6-19)23-18(13(12)15(20)22-7)5-8-10(17)4-3-9(16)14(8)21-2/h3-4,7,11-13,19H,5-6H2,1-2H3/t7?,11-,12?,13?/m0/s1. The van der Waals surface area contributed by atoms with E-state index in [2.05, 4.69) is 15.9 Å². The van der Waals surface area contributed by atoms with Gasteiger partial charge in [-0.3, -0.25) is 9.63 Å². The van der Waals surface area contributed by atoms with Gasteiger partial charge in [-0.2, -0.15) is 5.06 Å². The Hall–Kier alpha value is -0.860. The lowest BCUT2D eigenvalue weighted by atomic mass is 9.93. The molecule has 2 saturated heterocycles. The predicted octanol–water partition coefficient (Wildman–Crippen LogP) is 2.15. The highest BCUT2D eigenvalue weighted by Crippen LogP contribution is 2.41. The van der Waals surface area contributed by atoms with E-state index in [4.69, 9.17) is 25.9 Å². The number of hydrogen-bond donors (Lipinski definition) is 1. The number of methoxy groups -OCH3 is 1. The molecule has 0 aliphatic carbocycles. The van der Waals surface area contributed by atoms with E-state index in [1.807, 2.05) is 6.92 Å². The van der Waals surface area contributed by atoms with Gasteiger partial charge in [-0.25, -0.2) is 0 Å². The number of carbonyl (C=O) groups excluding carboxylic acids is 1. The van der Waals surface area contributed by atoms with Crippen LogP contribution in [0.2, 0.25) is 5.02 Å². The van der Waals surface area contributed by atoms with Gasteiger partial charge in [-0.05, 0) is 35.0 Å². The van der Waals surface area contributed by atoms with E-state index in [0.29, 0.717) is 16.3 Å². The fourth-order valence-electron chi connectivity index (χ4n) is 3.26. The number of hydrogen-bond acceptors (Lipinski definition) is 6. The number of aliphatic hydroxyl groups excluding tert-OH is 1. The maximum absolute atomic E-state index is 12.1. The van der Waals surface area contributed by atoms with Crippen molar-refractivity contribution in [2.24, 2.45) is 5.92 Å². The van der Waals surface area contributed by atoms with Gasteiger partial charge in [0.2, 0.25) is 0 Å². The molecular formula is C15H17BrClNO5. The van der Waals surface area contributed by atoms with Gasteiger partial charge in [0.15, 0.2) is 0 Å². The van der Waals surface area contributed by atoms with Crippen molar-refractivity contribution in [3.05, 3.63) is 27.2 Å². The molecule has 2 fully saturated rings. The van der Waals surface area contributed by atoms with Crippen LogP contribution in [-0.4, -0.2) is 48.1 Å². The molecule has 0 saturated carbocycles. The smallest absolute Gasteiger partial charge is 0.326 e. The highest BCUT2D eigenvalue weighted by Gasteiger charge is 2.56. The van der Waals surface area contributed by atoms with Crippen molar-refractivity contribution in [3.8, 4) is 5.75 Å². The van der Waals surface area contributed by atoms with E-state index in [9.17, 15) is 9.90 Å². The summed E-state index contributed by atoms with van der Waals surface area (Å²) in [6, 6.07) is 2.98. The fraction of sp³-hybridized carbons (Fsp3) is 0.533. The number of esters is 1. The largest absolute Gasteiger partial charge is 0.495 e. The van der Waals surface area contributed by atoms with E-state index in [1.165, 1.54) is 5.06 Å². The first kappa shape index (κ1) is 17.0. The van der Waals surface area contributed by atoms with Crippen molar-refractivity contribution in [2.45, 2.75) is 31.7 Å². The molecule has 4 atom stereocenters. The van der Waals surface area contributed by atoms with Gasteiger partial charge in [0.25, 0.3) is 0 Å². The number of hydroxylamine groups is 2. The Balaban J connectivity index is 1.92. The first-order valence-electron chi connectivity index (χ1n) is 7.23. The summed E-state index contributed by atoms with van der Waals surface area (Å²) in [5, 5.41) is 11.6. The lowest BCUT2D eigenvalue weighted by Gasteiger charge is -2.22. The lowest BCUT2D eigenvalue weighted by Crippen LogP contribution is -2.35. The average Bonchev–Trinajstić information content (AvgIpc) is 3.03. The van der Waals surface area contributed by atoms with Gasteiger partial charge >= 0.3 is 5.97 Å². The molecule has 8 heteroatoms. The van der Waals surface area contributed by atoms with Crippen molar-refractivity contribution < 1.29 is 24.2 Å². The highest BCUT2D eigenvalue weighted by atomic mass is 79.9. The molecule has 0 bridgehead atoms. The zero-order valence-electron chi connectivity index (χ0n) is 12.7. The van der Waals surface area contributed by atoms with Gasteiger partial charge in [0, 0.05) is 10.6 Å². The molecule has 3 unspecified atom stereocenters. The van der Waals surface area contributed by atoms with Gasteiger partial charge < -0.3 is 14.6 Å². The molecule has 3 rings (SSSR count). The van der Waals surface area contributed by atoms with E-state index in [-0.39, 0.29) is 31.1 Å². The number of fused-ring (bicyclic) bond motifs is 1. The molecule has 1 aromatic carbocycles. The molecule has 1 aromatic rings. The van der Waals surface area contributed by atoms with Crippen LogP contribution < -0.4 is 4.74 Å². The third kappa shape index (κ3) is 2.85. The molecule has 0 radical (unpaired) electrons. The predicted molar refractivity (Wildman–Crippen MR) is 86.0 cm³/mol. The second kappa shape index (κ2) is 6.57. The number of aliphatic hydroxyl groups is 1. The van der Waals surface area contributed by atoms with Crippen LogP contribution in [0.4, 0.5) is 0 Å². The summed E-state index contributed by atoms with van der Waals surface area (Å²) >= 11 is 9.71. The Labute approximate surface area is 147 Å². The molecule has 0 spiro atoms. The summed E-state index contributed by atoms with van der Waals surface area (Å²) in [5.74, 6) is 0.0393. The Kier molecular flexibility index (Phi) is 4.85. The third-order valence-corrected chi connectivity index (χ3v) is 5.29. The minimum absolute atomic E-state index is 0.179. The van der Waals surface area contributed by atoms with E-state index in [0.717, 1.165) is 4.47 Å². The maximum Gasteiger partial charge on any atom is 0.326 e. The number of ether oxygens (including phenoxy) is 2. The van der Waals surface area contributed by atoms with Crippen LogP contribution in [0.5, 0.6) is 5.75 Å². The topological polar surface area (TPSA) is 68.2 Å². The van der Waals surface area contributed by atoms with Crippen molar-refractivity contribution in [2.75, 3.05) is 13.7 Å². The number of halogens is 2. The van der Waals surface area contributed by atoms with Gasteiger partial charge in [-0.15, -0.1) is 0 Å². The minimum atomic E-state index is -0.554. The monoisotopic (exact) mass is 405 g/mol. The average molecular weight is 407 g/mol. The SMILES string of the molecule is COc1c(Br)ccc(Cl)c1CN1O[C@@H](CO)C2C(C)OC(=O)C21. The van der Waals surface area contributed by atoms with E-state index in [1.54, 1.807) is 19.2 Å². The number of cyclic esters (lactones) is 1. The summed E-state index contributed by atoms with van der Waals surface area (Å²) in [4.78, 5) is 17.9. The van der Waals surface area contributed by atoms with Crippen LogP contribution in [0.1, 0.15) is 12.5 Å². The van der Waals surface area contributed by atoms with Gasteiger partial charge in [0.05, 0.1) is 30.7 Å². The molecule has 0 aromatic heterocycles. The molecule has 0 amide bonds. The van der Waals surface area contributed by atoms with E-state index < -0.39 is 12.1 Å². The zero-order valence-corrected chi connectivity index (χ0v) is 15.0. The molecule has 126 valence electrons. The molecule has 1 N–H and O–H groups in total. The fourth-order valence-corrected chi connectivity index (χ4v) is 4.00. The summed E-state index contributed by atoms with van der Waals surface area (Å²) in [6.45, 7) is 1.88. The molecular weight excluding hydrogens is 390 g/mol. The van der Waals surface area contributed by atoms with Crippen molar-refractivity contribution in [3.63, 3.8) is 0 Å². The first-order valence-corrected chi connectivity index (χ1v) is 8.40. The summed E-state index contributed by atoms with van der Waals surface area (Å²) in [7, 11) is 1.55. The maximum atomic E-state index is 12.1. The van der Waals surface area contributed by atoms with E-state index >= 15 is 0 Å². The van der Waals surface area contributed by atoms with Crippen LogP contribution in [-0.2, 0) is 20.9 Å². The second-order valence-electron chi connectivity index (χ2n) is 5.61. The summed E-state index contributed by atoms with van der Waals surface area (Å²) < 4.78 is 11.5. The molecule has 2 aliphatic rings. The second-order valence-corrected chi connectivity index (χ2v) is 6.87. The van der Waals surface area contributed by atoms with Gasteiger partial charge in [-0.1, -0.05) is 11.6 Å². The normalized spacial score (nSPS) is 30.4. The zero-order chi connectivity index (χ0) is 16.7. The highest BCUT2D eigenvalue weighted by molar-refractivity contribution is 9.10. The van der Waals surface area contributed by atoms with Crippen LogP contribution in [0.15, 0.2) is 16.6 Å². The summed E-state index contributed by atoms with van der Waals surface area (Å²) in [6.07, 6.45) is -0.770. The van der Waals surface area contributed by atoms with Crippen LogP contribution >= 0.6 is 27.5 Å². The number of nitrogens with zero attached hydrogens (tertiary/aromatic N) is 1. The van der Waals surface area contributed by atoms with Gasteiger partial charge in [0.1, 0.15) is 24.0 Å². The first-order chi connectivity index (χ1) is 11.0. The summed E-state index contributed by atoms with van der Waals surface area (Å²) in [5.41, 5.74) is 0.702. The Morgan fingerprint density at radius 3 is 2.87 bits per heavy atom. The number of rotatable bonds is 4. The van der Waals surface area contributed by atoms with Crippen LogP contribution in [0, 0.1) is 5.92 Å². The van der Waals surface area contributed by atoms with Crippen molar-refractivity contribution in [1.82, 2.24) is 5.06 Å². The van der Waals surface area contributed by atoms with Crippen molar-refractivity contribution >= 4 is 33.5 Å². The van der Waals surface area contributed by atoms with Crippen LogP contribution in [0.25, 0.3) is 0 Å². The van der Waals surface area contributed by atoms with Crippen molar-refractivity contribution in [1.29, 1.82) is 0 Å². The quantitative estimate of drug-likeness (QED) is 0.773.